The second-order valence-electron chi connectivity index (χ2n) is 6.11. The first-order valence-corrected chi connectivity index (χ1v) is 10.3. The minimum atomic E-state index is 0.368. The molecule has 0 spiro atoms. The van der Waals surface area contributed by atoms with Crippen LogP contribution in [-0.2, 0) is 0 Å². The molecule has 0 radical (unpaired) electrons. The molecule has 3 rings (SSSR count). The average molecular weight is 458 g/mol. The van der Waals surface area contributed by atoms with Crippen molar-refractivity contribution in [1.82, 2.24) is 4.98 Å². The Morgan fingerprint density at radius 2 is 1.71 bits per heavy atom. The first-order chi connectivity index (χ1) is 15.0. The number of ether oxygens (including phenoxy) is 4. The van der Waals surface area contributed by atoms with Crippen LogP contribution in [0.15, 0.2) is 41.9 Å². The van der Waals surface area contributed by atoms with Crippen LogP contribution in [0, 0.1) is 11.3 Å². The highest BCUT2D eigenvalue weighted by atomic mass is 35.5. The van der Waals surface area contributed by atoms with E-state index in [0.29, 0.717) is 44.3 Å². The van der Waals surface area contributed by atoms with E-state index in [2.05, 4.69) is 16.4 Å². The molecule has 0 aliphatic heterocycles. The topological polar surface area (TPSA) is 85.6 Å². The van der Waals surface area contributed by atoms with Crippen LogP contribution in [0.25, 0.3) is 16.8 Å². The van der Waals surface area contributed by atoms with Crippen molar-refractivity contribution in [2.45, 2.75) is 0 Å². The van der Waals surface area contributed by atoms with Gasteiger partial charge >= 0.3 is 0 Å². The number of nitrogens with zero attached hydrogens (tertiary/aromatic N) is 2. The van der Waals surface area contributed by atoms with Crippen LogP contribution in [0.4, 0.5) is 5.69 Å². The van der Waals surface area contributed by atoms with Crippen molar-refractivity contribution in [1.29, 1.82) is 5.26 Å². The lowest BCUT2D eigenvalue weighted by Crippen LogP contribution is -1.96. The molecule has 0 amide bonds. The Kier molecular flexibility index (Phi) is 7.23. The summed E-state index contributed by atoms with van der Waals surface area (Å²) in [4.78, 5) is 4.60. The van der Waals surface area contributed by atoms with Crippen LogP contribution in [0.5, 0.6) is 23.0 Å². The number of hydrogen-bond donors (Lipinski definition) is 1. The van der Waals surface area contributed by atoms with Crippen molar-refractivity contribution >= 4 is 34.2 Å². The van der Waals surface area contributed by atoms with E-state index in [-0.39, 0.29) is 0 Å². The van der Waals surface area contributed by atoms with E-state index in [1.165, 1.54) is 25.6 Å². The van der Waals surface area contributed by atoms with Crippen LogP contribution in [0.3, 0.4) is 0 Å². The third kappa shape index (κ3) is 4.85. The Hall–Kier alpha value is -3.41. The molecule has 1 heterocycles. The normalized spacial score (nSPS) is 10.9. The fourth-order valence-corrected chi connectivity index (χ4v) is 3.82. The molecule has 1 N–H and O–H groups in total. The lowest BCUT2D eigenvalue weighted by Gasteiger charge is -2.12. The maximum absolute atomic E-state index is 9.65. The van der Waals surface area contributed by atoms with Gasteiger partial charge in [-0.25, -0.2) is 4.98 Å². The maximum Gasteiger partial charge on any atom is 0.161 e. The van der Waals surface area contributed by atoms with E-state index < -0.39 is 0 Å². The molecule has 0 saturated carbocycles. The predicted octanol–water partition coefficient (Wildman–Crippen LogP) is 5.47. The van der Waals surface area contributed by atoms with Gasteiger partial charge in [0.05, 0.1) is 44.8 Å². The summed E-state index contributed by atoms with van der Waals surface area (Å²) in [5, 5.41) is 15.6. The van der Waals surface area contributed by atoms with Gasteiger partial charge in [-0.1, -0.05) is 11.6 Å². The van der Waals surface area contributed by atoms with Crippen LogP contribution in [0.2, 0.25) is 5.02 Å². The summed E-state index contributed by atoms with van der Waals surface area (Å²) < 4.78 is 21.2. The lowest BCUT2D eigenvalue weighted by atomic mass is 10.1. The number of nitriles is 1. The Morgan fingerprint density at radius 3 is 2.35 bits per heavy atom. The first kappa shape index (κ1) is 22.3. The van der Waals surface area contributed by atoms with E-state index in [1.54, 1.807) is 32.6 Å². The fraction of sp³-hybridized carbons (Fsp3) is 0.182. The fourth-order valence-electron chi connectivity index (χ4n) is 2.79. The van der Waals surface area contributed by atoms with Gasteiger partial charge in [0.15, 0.2) is 11.5 Å². The van der Waals surface area contributed by atoms with Gasteiger partial charge in [0.2, 0.25) is 0 Å². The van der Waals surface area contributed by atoms with E-state index >= 15 is 0 Å². The largest absolute Gasteiger partial charge is 0.495 e. The molecule has 31 heavy (non-hydrogen) atoms. The van der Waals surface area contributed by atoms with Crippen molar-refractivity contribution < 1.29 is 18.9 Å². The lowest BCUT2D eigenvalue weighted by molar-refractivity contribution is 0.355. The van der Waals surface area contributed by atoms with Crippen molar-refractivity contribution in [2.75, 3.05) is 33.8 Å². The summed E-state index contributed by atoms with van der Waals surface area (Å²) in [6.45, 7) is 0. The molecule has 0 unspecified atom stereocenters. The Bertz CT molecular complexity index is 1150. The van der Waals surface area contributed by atoms with Crippen LogP contribution < -0.4 is 24.3 Å². The van der Waals surface area contributed by atoms with Gasteiger partial charge in [-0.2, -0.15) is 5.26 Å². The number of thiazole rings is 1. The number of hydrogen-bond acceptors (Lipinski definition) is 8. The third-order valence-electron chi connectivity index (χ3n) is 4.38. The van der Waals surface area contributed by atoms with Gasteiger partial charge < -0.3 is 24.3 Å². The quantitative estimate of drug-likeness (QED) is 0.448. The Balaban J connectivity index is 1.89. The number of aromatic nitrogens is 1. The highest BCUT2D eigenvalue weighted by molar-refractivity contribution is 7.11. The molecule has 0 fully saturated rings. The minimum Gasteiger partial charge on any atom is -0.495 e. The van der Waals surface area contributed by atoms with Crippen molar-refractivity contribution in [3.05, 3.63) is 51.9 Å². The standard InChI is InChI=1S/C22H20ClN3O4S/c1-27-18-6-5-13(7-21(18)30-4)17-12-31-22(26-17)14(10-24)11-25-16-9-19(28-2)15(23)8-20(16)29-3/h5-9,11-12,25H,1-4H3/b14-11+. The second-order valence-corrected chi connectivity index (χ2v) is 7.37. The van der Waals surface area contributed by atoms with Gasteiger partial charge in [-0.15, -0.1) is 11.3 Å². The summed E-state index contributed by atoms with van der Waals surface area (Å²) in [6.07, 6.45) is 1.57. The van der Waals surface area contributed by atoms with E-state index in [1.807, 2.05) is 23.6 Å². The molecule has 7 nitrogen and oxygen atoms in total. The number of methoxy groups -OCH3 is 4. The molecule has 0 bridgehead atoms. The Morgan fingerprint density at radius 1 is 1.00 bits per heavy atom. The highest BCUT2D eigenvalue weighted by Gasteiger charge is 2.13. The van der Waals surface area contributed by atoms with E-state index in [9.17, 15) is 5.26 Å². The molecule has 0 aliphatic carbocycles. The smallest absolute Gasteiger partial charge is 0.161 e. The van der Waals surface area contributed by atoms with Crippen LogP contribution in [-0.4, -0.2) is 33.4 Å². The zero-order valence-corrected chi connectivity index (χ0v) is 18.9. The SMILES string of the molecule is COc1cc(N/C=C(\C#N)c2nc(-c3ccc(OC)c(OC)c3)cs2)c(OC)cc1Cl. The molecule has 0 saturated heterocycles. The molecule has 1 aromatic heterocycles. The minimum absolute atomic E-state index is 0.368. The molecular weight excluding hydrogens is 438 g/mol. The van der Waals surface area contributed by atoms with Crippen molar-refractivity contribution in [2.24, 2.45) is 0 Å². The summed E-state index contributed by atoms with van der Waals surface area (Å²) in [7, 11) is 6.23. The molecule has 0 aliphatic rings. The molecule has 2 aromatic carbocycles. The van der Waals surface area contributed by atoms with Crippen LogP contribution >= 0.6 is 22.9 Å². The number of rotatable bonds is 8. The number of nitrogens with one attached hydrogen (secondary N) is 1. The van der Waals surface area contributed by atoms with E-state index in [0.717, 1.165) is 11.3 Å². The number of allylic oxidation sites excluding steroid dienone is 1. The van der Waals surface area contributed by atoms with Crippen molar-refractivity contribution in [3.8, 4) is 40.3 Å². The molecule has 160 valence electrons. The van der Waals surface area contributed by atoms with Gasteiger partial charge in [-0.05, 0) is 18.2 Å². The summed E-state index contributed by atoms with van der Waals surface area (Å²) >= 11 is 7.51. The zero-order chi connectivity index (χ0) is 22.4. The van der Waals surface area contributed by atoms with Gasteiger partial charge in [0, 0.05) is 29.3 Å². The van der Waals surface area contributed by atoms with Crippen molar-refractivity contribution in [3.63, 3.8) is 0 Å². The number of halogens is 1. The summed E-state index contributed by atoms with van der Waals surface area (Å²) in [5.74, 6) is 2.25. The third-order valence-corrected chi connectivity index (χ3v) is 5.55. The highest BCUT2D eigenvalue weighted by Crippen LogP contribution is 2.37. The number of benzene rings is 2. The molecule has 9 heteroatoms. The molecular formula is C22H20ClN3O4S. The van der Waals surface area contributed by atoms with Gasteiger partial charge in [-0.3, -0.25) is 0 Å². The Labute approximate surface area is 189 Å². The van der Waals surface area contributed by atoms with Gasteiger partial charge in [0.25, 0.3) is 0 Å². The number of anilines is 1. The monoisotopic (exact) mass is 457 g/mol. The predicted molar refractivity (Wildman–Crippen MR) is 122 cm³/mol. The maximum atomic E-state index is 9.65. The summed E-state index contributed by atoms with van der Waals surface area (Å²) in [5.41, 5.74) is 2.56. The first-order valence-electron chi connectivity index (χ1n) is 9.01. The van der Waals surface area contributed by atoms with Gasteiger partial charge in [0.1, 0.15) is 28.1 Å². The van der Waals surface area contributed by atoms with E-state index in [4.69, 9.17) is 30.5 Å². The average Bonchev–Trinajstić information content (AvgIpc) is 3.29. The molecule has 3 aromatic rings. The van der Waals surface area contributed by atoms with Crippen LogP contribution in [0.1, 0.15) is 5.01 Å². The second kappa shape index (κ2) is 10.1. The summed E-state index contributed by atoms with van der Waals surface area (Å²) in [6, 6.07) is 11.1. The molecule has 0 atom stereocenters. The zero-order valence-electron chi connectivity index (χ0n) is 17.4.